The molecule has 2 aromatic heterocycles. The van der Waals surface area contributed by atoms with E-state index in [0.717, 1.165) is 16.6 Å². The highest BCUT2D eigenvalue weighted by atomic mass is 16.2. The molecule has 3 aromatic rings. The fraction of sp³-hybridized carbons (Fsp3) is 0.133. The maximum Gasteiger partial charge on any atom is 0.241 e. The Morgan fingerprint density at radius 3 is 3.05 bits per heavy atom. The molecule has 0 saturated heterocycles. The lowest BCUT2D eigenvalue weighted by Crippen LogP contribution is -2.19. The Labute approximate surface area is 126 Å². The summed E-state index contributed by atoms with van der Waals surface area (Å²) < 4.78 is 1.71. The summed E-state index contributed by atoms with van der Waals surface area (Å²) in [5.74, 6) is -0.181. The zero-order valence-corrected chi connectivity index (χ0v) is 11.8. The molecule has 1 aromatic carbocycles. The smallest absolute Gasteiger partial charge is 0.241 e. The van der Waals surface area contributed by atoms with Gasteiger partial charge in [-0.2, -0.15) is 5.10 Å². The van der Waals surface area contributed by atoms with E-state index in [1.807, 2.05) is 30.3 Å². The van der Waals surface area contributed by atoms with Crippen molar-refractivity contribution in [1.82, 2.24) is 25.4 Å². The van der Waals surface area contributed by atoms with Crippen molar-refractivity contribution in [3.63, 3.8) is 0 Å². The third kappa shape index (κ3) is 3.32. The molecule has 0 fully saturated rings. The van der Waals surface area contributed by atoms with Gasteiger partial charge >= 0.3 is 0 Å². The molecule has 0 atom stereocenters. The minimum absolute atomic E-state index is 0.181. The van der Waals surface area contributed by atoms with Crippen molar-refractivity contribution in [3.8, 4) is 0 Å². The second kappa shape index (κ2) is 6.57. The quantitative estimate of drug-likeness (QED) is 0.569. The van der Waals surface area contributed by atoms with E-state index in [0.29, 0.717) is 6.54 Å². The molecular weight excluding hydrogens is 280 g/mol. The molecule has 1 N–H and O–H groups in total. The first-order valence-corrected chi connectivity index (χ1v) is 6.83. The number of fused-ring (bicyclic) bond motifs is 1. The molecule has 1 amide bonds. The number of carbonyl (C=O) groups excluding carboxylic acids is 1. The molecule has 0 aliphatic rings. The number of nitrogens with one attached hydrogen (secondary N) is 1. The maximum absolute atomic E-state index is 11.8. The molecule has 0 saturated carbocycles. The van der Waals surface area contributed by atoms with E-state index in [9.17, 15) is 4.79 Å². The first-order valence-electron chi connectivity index (χ1n) is 6.83. The predicted octanol–water partition coefficient (Wildman–Crippen LogP) is 1.37. The number of para-hydroxylation sites is 1. The number of hydrazone groups is 1. The van der Waals surface area contributed by atoms with E-state index in [4.69, 9.17) is 0 Å². The molecule has 0 aliphatic heterocycles. The molecule has 2 heterocycles. The van der Waals surface area contributed by atoms with Crippen LogP contribution >= 0.6 is 0 Å². The van der Waals surface area contributed by atoms with E-state index < -0.39 is 0 Å². The Morgan fingerprint density at radius 1 is 1.27 bits per heavy atom. The number of aromatic nitrogens is 4. The van der Waals surface area contributed by atoms with Crippen LogP contribution in [0.15, 0.2) is 53.9 Å². The average molecular weight is 294 g/mol. The molecule has 7 nitrogen and oxygen atoms in total. The van der Waals surface area contributed by atoms with Gasteiger partial charge < -0.3 is 0 Å². The van der Waals surface area contributed by atoms with Crippen LogP contribution in [0.2, 0.25) is 0 Å². The molecule has 0 bridgehead atoms. The number of benzene rings is 1. The van der Waals surface area contributed by atoms with Crippen molar-refractivity contribution < 1.29 is 4.79 Å². The molecule has 3 rings (SSSR count). The third-order valence-electron chi connectivity index (χ3n) is 3.06. The number of pyridine rings is 1. The van der Waals surface area contributed by atoms with E-state index >= 15 is 0 Å². The number of rotatable bonds is 5. The number of hydrogen-bond acceptors (Lipinski definition) is 5. The summed E-state index contributed by atoms with van der Waals surface area (Å²) in [5.41, 5.74) is 5.04. The van der Waals surface area contributed by atoms with Crippen molar-refractivity contribution >= 4 is 23.2 Å². The minimum atomic E-state index is -0.181. The zero-order valence-electron chi connectivity index (χ0n) is 11.8. The Balaban J connectivity index is 1.53. The first kappa shape index (κ1) is 13.9. The minimum Gasteiger partial charge on any atom is -0.273 e. The van der Waals surface area contributed by atoms with E-state index in [1.165, 1.54) is 0 Å². The number of amides is 1. The fourth-order valence-corrected chi connectivity index (χ4v) is 1.98. The van der Waals surface area contributed by atoms with Crippen LogP contribution < -0.4 is 5.43 Å². The van der Waals surface area contributed by atoms with Crippen molar-refractivity contribution in [1.29, 1.82) is 0 Å². The van der Waals surface area contributed by atoms with Crippen LogP contribution in [0.25, 0.3) is 11.0 Å². The van der Waals surface area contributed by atoms with Crippen LogP contribution in [-0.4, -0.2) is 32.1 Å². The highest BCUT2D eigenvalue weighted by molar-refractivity contribution is 5.82. The van der Waals surface area contributed by atoms with Gasteiger partial charge in [0.25, 0.3) is 0 Å². The summed E-state index contributed by atoms with van der Waals surface area (Å²) in [6.07, 6.45) is 5.17. The lowest BCUT2D eigenvalue weighted by Gasteiger charge is -2.01. The Hall–Kier alpha value is -3.09. The van der Waals surface area contributed by atoms with E-state index in [1.54, 1.807) is 29.4 Å². The van der Waals surface area contributed by atoms with Gasteiger partial charge in [0.15, 0.2) is 0 Å². The van der Waals surface area contributed by atoms with Crippen molar-refractivity contribution in [2.45, 2.75) is 13.0 Å². The Kier molecular flexibility index (Phi) is 4.15. The van der Waals surface area contributed by atoms with Crippen LogP contribution in [0.5, 0.6) is 0 Å². The summed E-state index contributed by atoms with van der Waals surface area (Å²) >= 11 is 0. The normalized spacial score (nSPS) is 11.1. The highest BCUT2D eigenvalue weighted by Gasteiger charge is 2.05. The number of aryl methyl sites for hydroxylation is 1. The van der Waals surface area contributed by atoms with Crippen LogP contribution in [0.4, 0.5) is 0 Å². The van der Waals surface area contributed by atoms with Gasteiger partial charge in [-0.1, -0.05) is 23.4 Å². The van der Waals surface area contributed by atoms with Crippen LogP contribution in [0.3, 0.4) is 0 Å². The van der Waals surface area contributed by atoms with Gasteiger partial charge in [-0.15, -0.1) is 5.10 Å². The maximum atomic E-state index is 11.8. The monoisotopic (exact) mass is 294 g/mol. The van der Waals surface area contributed by atoms with E-state index in [-0.39, 0.29) is 12.3 Å². The fourth-order valence-electron chi connectivity index (χ4n) is 1.98. The number of nitrogens with zero attached hydrogens (tertiary/aromatic N) is 5. The summed E-state index contributed by atoms with van der Waals surface area (Å²) in [5, 5.41) is 12.0. The molecule has 0 spiro atoms. The lowest BCUT2D eigenvalue weighted by molar-refractivity contribution is -0.121. The standard InChI is InChI=1S/C15H14N6O/c22-15(19-17-11-12-4-3-8-16-10-12)7-9-21-14-6-2-1-5-13(14)18-20-21/h1-6,8,10-11H,7,9H2,(H,19,22). The van der Waals surface area contributed by atoms with Crippen molar-refractivity contribution in [3.05, 3.63) is 54.4 Å². The van der Waals surface area contributed by atoms with Crippen molar-refractivity contribution in [2.24, 2.45) is 5.10 Å². The number of hydrogen-bond donors (Lipinski definition) is 1. The van der Waals surface area contributed by atoms with Crippen LogP contribution in [0, 0.1) is 0 Å². The highest BCUT2D eigenvalue weighted by Crippen LogP contribution is 2.09. The predicted molar refractivity (Wildman–Crippen MR) is 82.1 cm³/mol. The molecule has 0 radical (unpaired) electrons. The second-order valence-electron chi connectivity index (χ2n) is 4.63. The second-order valence-corrected chi connectivity index (χ2v) is 4.63. The zero-order chi connectivity index (χ0) is 15.2. The average Bonchev–Trinajstić information content (AvgIpc) is 2.97. The van der Waals surface area contributed by atoms with Gasteiger partial charge in [0.05, 0.1) is 18.3 Å². The summed E-state index contributed by atoms with van der Waals surface area (Å²) in [6.45, 7) is 0.453. The van der Waals surface area contributed by atoms with Crippen LogP contribution in [-0.2, 0) is 11.3 Å². The molecule has 110 valence electrons. The Bertz CT molecular complexity index is 796. The lowest BCUT2D eigenvalue weighted by atomic mass is 10.3. The molecular formula is C15H14N6O. The SMILES string of the molecule is O=C(CCn1nnc2ccccc21)NN=Cc1cccnc1. The van der Waals surface area contributed by atoms with Gasteiger partial charge in [-0.05, 0) is 18.2 Å². The van der Waals surface area contributed by atoms with Crippen LogP contribution in [0.1, 0.15) is 12.0 Å². The molecule has 0 unspecified atom stereocenters. The summed E-state index contributed by atoms with van der Waals surface area (Å²) in [6, 6.07) is 11.3. The Morgan fingerprint density at radius 2 is 2.18 bits per heavy atom. The number of carbonyl (C=O) groups is 1. The van der Waals surface area contributed by atoms with Gasteiger partial charge in [-0.25, -0.2) is 10.1 Å². The van der Waals surface area contributed by atoms with Gasteiger partial charge in [0.1, 0.15) is 5.52 Å². The summed E-state index contributed by atoms with van der Waals surface area (Å²) in [4.78, 5) is 15.7. The topological polar surface area (TPSA) is 85.1 Å². The van der Waals surface area contributed by atoms with Gasteiger partial charge in [-0.3, -0.25) is 9.78 Å². The molecule has 7 heteroatoms. The van der Waals surface area contributed by atoms with Gasteiger partial charge in [0, 0.05) is 24.4 Å². The molecule has 0 aliphatic carbocycles. The first-order chi connectivity index (χ1) is 10.8. The molecule has 22 heavy (non-hydrogen) atoms. The largest absolute Gasteiger partial charge is 0.273 e. The van der Waals surface area contributed by atoms with Gasteiger partial charge in [0.2, 0.25) is 5.91 Å². The third-order valence-corrected chi connectivity index (χ3v) is 3.06. The van der Waals surface area contributed by atoms with E-state index in [2.05, 4.69) is 25.8 Å². The summed E-state index contributed by atoms with van der Waals surface area (Å²) in [7, 11) is 0. The van der Waals surface area contributed by atoms with Crippen molar-refractivity contribution in [2.75, 3.05) is 0 Å².